The highest BCUT2D eigenvalue weighted by atomic mass is 32.2. The smallest absolute Gasteiger partial charge is 0.346 e. The summed E-state index contributed by atoms with van der Waals surface area (Å²) in [6.07, 6.45) is 4.63. The average molecular weight is 359 g/mol. The van der Waals surface area contributed by atoms with Gasteiger partial charge in [0.1, 0.15) is 6.33 Å². The third-order valence-corrected chi connectivity index (χ3v) is 5.58. The molecule has 0 unspecified atom stereocenters. The van der Waals surface area contributed by atoms with E-state index >= 15 is 0 Å². The van der Waals surface area contributed by atoms with Gasteiger partial charge in [-0.25, -0.2) is 18.2 Å². The molecule has 0 aliphatic carbocycles. The van der Waals surface area contributed by atoms with Crippen LogP contribution in [0.15, 0.2) is 11.5 Å². The molecule has 9 nitrogen and oxygen atoms in total. The molecule has 1 saturated heterocycles. The maximum Gasteiger partial charge on any atom is 0.346 e. The first-order valence-corrected chi connectivity index (χ1v) is 9.64. The Balaban J connectivity index is 2.14. The Morgan fingerprint density at radius 3 is 2.62 bits per heavy atom. The Labute approximate surface area is 142 Å². The molecule has 1 aliphatic rings. The van der Waals surface area contributed by atoms with Gasteiger partial charge in [-0.15, -0.1) is 5.10 Å². The van der Waals surface area contributed by atoms with E-state index in [1.807, 2.05) is 6.92 Å². The number of carbonyl (C=O) groups excluding carboxylic acids is 1. The van der Waals surface area contributed by atoms with Crippen molar-refractivity contribution in [3.63, 3.8) is 0 Å². The molecule has 0 spiro atoms. The number of amides is 1. The predicted molar refractivity (Wildman–Crippen MR) is 87.2 cm³/mol. The molecule has 1 fully saturated rings. The number of aromatic nitrogens is 3. The minimum absolute atomic E-state index is 0.319. The molecule has 0 aromatic carbocycles. The third-order valence-electron chi connectivity index (χ3n) is 3.88. The van der Waals surface area contributed by atoms with Gasteiger partial charge in [0.2, 0.25) is 0 Å². The van der Waals surface area contributed by atoms with Crippen molar-refractivity contribution in [3.05, 3.63) is 6.33 Å². The van der Waals surface area contributed by atoms with E-state index in [1.165, 1.54) is 4.31 Å². The zero-order valence-electron chi connectivity index (χ0n) is 14.2. The number of nitrogens with zero attached hydrogens (tertiary/aromatic N) is 5. The molecular weight excluding hydrogens is 334 g/mol. The summed E-state index contributed by atoms with van der Waals surface area (Å²) in [6, 6.07) is -0.401. The first-order valence-electron chi connectivity index (χ1n) is 8.20. The maximum absolute atomic E-state index is 12.5. The van der Waals surface area contributed by atoms with Crippen molar-refractivity contribution in [2.75, 3.05) is 39.9 Å². The monoisotopic (exact) mass is 359 g/mol. The second kappa shape index (κ2) is 8.54. The van der Waals surface area contributed by atoms with Crippen LogP contribution in [0.4, 0.5) is 4.79 Å². The zero-order valence-corrected chi connectivity index (χ0v) is 15.0. The molecule has 0 bridgehead atoms. The molecule has 2 rings (SSSR count). The quantitative estimate of drug-likeness (QED) is 0.713. The Bertz CT molecular complexity index is 639. The van der Waals surface area contributed by atoms with Crippen molar-refractivity contribution >= 4 is 16.1 Å². The highest BCUT2D eigenvalue weighted by Gasteiger charge is 2.30. The second-order valence-corrected chi connectivity index (χ2v) is 7.53. The van der Waals surface area contributed by atoms with Crippen molar-refractivity contribution in [2.45, 2.75) is 37.8 Å². The Kier molecular flexibility index (Phi) is 6.69. The molecule has 1 aromatic rings. The number of carbonyl (C=O) groups is 1. The van der Waals surface area contributed by atoms with Crippen LogP contribution in [0.1, 0.15) is 32.6 Å². The largest absolute Gasteiger partial charge is 0.383 e. The van der Waals surface area contributed by atoms with Crippen LogP contribution in [0.2, 0.25) is 0 Å². The summed E-state index contributed by atoms with van der Waals surface area (Å²) in [5.74, 6) is 0. The normalized spacial score (nSPS) is 16.2. The lowest BCUT2D eigenvalue weighted by molar-refractivity contribution is 0.148. The molecule has 2 heterocycles. The molecule has 1 aromatic heterocycles. The van der Waals surface area contributed by atoms with Gasteiger partial charge < -0.3 is 9.64 Å². The summed E-state index contributed by atoms with van der Waals surface area (Å²) in [4.78, 5) is 17.9. The first kappa shape index (κ1) is 18.8. The van der Waals surface area contributed by atoms with Gasteiger partial charge in [-0.05, 0) is 19.3 Å². The minimum atomic E-state index is -3.73. The summed E-state index contributed by atoms with van der Waals surface area (Å²) < 4.78 is 32.4. The number of rotatable bonds is 7. The standard InChI is InChI=1S/C14H25N5O4S/c1-3-7-17(10-11-23-2)14(20)19-12-15-13(16-19)24(21,22)18-8-5-4-6-9-18/h12H,3-11H2,1-2H3. The van der Waals surface area contributed by atoms with E-state index in [2.05, 4.69) is 10.1 Å². The third kappa shape index (κ3) is 4.31. The van der Waals surface area contributed by atoms with Crippen LogP contribution in [0, 0.1) is 0 Å². The molecule has 10 heteroatoms. The lowest BCUT2D eigenvalue weighted by Crippen LogP contribution is -2.38. The van der Waals surface area contributed by atoms with Crippen LogP contribution in [0.5, 0.6) is 0 Å². The van der Waals surface area contributed by atoms with E-state index in [0.717, 1.165) is 36.7 Å². The van der Waals surface area contributed by atoms with E-state index in [-0.39, 0.29) is 5.16 Å². The van der Waals surface area contributed by atoms with Gasteiger partial charge in [-0.3, -0.25) is 0 Å². The van der Waals surface area contributed by atoms with Crippen molar-refractivity contribution < 1.29 is 17.9 Å². The number of methoxy groups -OCH3 is 1. The zero-order chi connectivity index (χ0) is 17.6. The average Bonchev–Trinajstić information content (AvgIpc) is 3.09. The molecule has 0 N–H and O–H groups in total. The molecule has 24 heavy (non-hydrogen) atoms. The number of hydrogen-bond acceptors (Lipinski definition) is 6. The van der Waals surface area contributed by atoms with E-state index in [9.17, 15) is 13.2 Å². The van der Waals surface area contributed by atoms with Crippen LogP contribution in [0.3, 0.4) is 0 Å². The van der Waals surface area contributed by atoms with Crippen LogP contribution in [-0.4, -0.2) is 78.3 Å². The van der Waals surface area contributed by atoms with Crippen molar-refractivity contribution in [1.29, 1.82) is 0 Å². The Morgan fingerprint density at radius 1 is 1.29 bits per heavy atom. The van der Waals surface area contributed by atoms with E-state index in [0.29, 0.717) is 32.8 Å². The van der Waals surface area contributed by atoms with Crippen LogP contribution < -0.4 is 0 Å². The molecule has 0 saturated carbocycles. The second-order valence-electron chi connectivity index (χ2n) is 5.70. The Hall–Kier alpha value is -1.52. The van der Waals surface area contributed by atoms with Gasteiger partial charge in [0.25, 0.3) is 15.2 Å². The summed E-state index contributed by atoms with van der Waals surface area (Å²) in [7, 11) is -2.17. The first-order chi connectivity index (χ1) is 11.5. The number of sulfonamides is 1. The number of piperidine rings is 1. The topological polar surface area (TPSA) is 97.6 Å². The molecule has 1 aliphatic heterocycles. The fraction of sp³-hybridized carbons (Fsp3) is 0.786. The number of hydrogen-bond donors (Lipinski definition) is 0. The number of ether oxygens (including phenoxy) is 1. The predicted octanol–water partition coefficient (Wildman–Crippen LogP) is 0.779. The van der Waals surface area contributed by atoms with Gasteiger partial charge in [-0.1, -0.05) is 13.3 Å². The van der Waals surface area contributed by atoms with Crippen LogP contribution in [-0.2, 0) is 14.8 Å². The minimum Gasteiger partial charge on any atom is -0.383 e. The summed E-state index contributed by atoms with van der Waals surface area (Å²) in [5, 5.41) is 3.59. The fourth-order valence-electron chi connectivity index (χ4n) is 2.60. The van der Waals surface area contributed by atoms with Gasteiger partial charge in [-0.2, -0.15) is 8.99 Å². The Morgan fingerprint density at radius 2 is 2.00 bits per heavy atom. The van der Waals surface area contributed by atoms with Gasteiger partial charge in [0.15, 0.2) is 0 Å². The summed E-state index contributed by atoms with van der Waals surface area (Å²) in [5.41, 5.74) is 0. The van der Waals surface area contributed by atoms with E-state index < -0.39 is 16.1 Å². The van der Waals surface area contributed by atoms with Gasteiger partial charge >= 0.3 is 6.03 Å². The SMILES string of the molecule is CCCN(CCOC)C(=O)n1cnc(S(=O)(=O)N2CCCCC2)n1. The van der Waals surface area contributed by atoms with Crippen molar-refractivity contribution in [1.82, 2.24) is 24.0 Å². The lowest BCUT2D eigenvalue weighted by Gasteiger charge is -2.24. The maximum atomic E-state index is 12.5. The summed E-state index contributed by atoms with van der Waals surface area (Å²) in [6.45, 7) is 4.26. The summed E-state index contributed by atoms with van der Waals surface area (Å²) >= 11 is 0. The molecule has 1 amide bonds. The van der Waals surface area contributed by atoms with E-state index in [1.54, 1.807) is 12.0 Å². The fourth-order valence-corrected chi connectivity index (χ4v) is 3.94. The molecule has 136 valence electrons. The highest BCUT2D eigenvalue weighted by molar-refractivity contribution is 7.88. The van der Waals surface area contributed by atoms with E-state index in [4.69, 9.17) is 4.74 Å². The molecule has 0 radical (unpaired) electrons. The van der Waals surface area contributed by atoms with Crippen LogP contribution >= 0.6 is 0 Å². The van der Waals surface area contributed by atoms with Crippen LogP contribution in [0.25, 0.3) is 0 Å². The van der Waals surface area contributed by atoms with Gasteiger partial charge in [0, 0.05) is 33.3 Å². The molecular formula is C14H25N5O4S. The van der Waals surface area contributed by atoms with Crippen molar-refractivity contribution in [3.8, 4) is 0 Å². The lowest BCUT2D eigenvalue weighted by atomic mass is 10.2. The van der Waals surface area contributed by atoms with Crippen molar-refractivity contribution in [2.24, 2.45) is 0 Å². The van der Waals surface area contributed by atoms with Gasteiger partial charge in [0.05, 0.1) is 6.61 Å². The molecule has 0 atom stereocenters. The highest BCUT2D eigenvalue weighted by Crippen LogP contribution is 2.17.